The van der Waals surface area contributed by atoms with E-state index in [-0.39, 0.29) is 23.5 Å². The van der Waals surface area contributed by atoms with Crippen molar-refractivity contribution in [1.29, 1.82) is 0 Å². The Kier molecular flexibility index (Phi) is 5.57. The molecule has 0 bridgehead atoms. The van der Waals surface area contributed by atoms with Gasteiger partial charge in [-0.3, -0.25) is 9.59 Å². The lowest BCUT2D eigenvalue weighted by Gasteiger charge is -2.32. The van der Waals surface area contributed by atoms with Gasteiger partial charge in [0.1, 0.15) is 5.82 Å². The van der Waals surface area contributed by atoms with Crippen molar-refractivity contribution in [3.05, 3.63) is 64.4 Å². The van der Waals surface area contributed by atoms with Crippen LogP contribution in [-0.2, 0) is 4.79 Å². The van der Waals surface area contributed by atoms with Crippen molar-refractivity contribution in [2.45, 2.75) is 19.8 Å². The van der Waals surface area contributed by atoms with Crippen molar-refractivity contribution < 1.29 is 14.0 Å². The Morgan fingerprint density at radius 1 is 1.19 bits per heavy atom. The second kappa shape index (κ2) is 7.87. The fourth-order valence-electron chi connectivity index (χ4n) is 3.11. The minimum Gasteiger partial charge on any atom is -0.338 e. The van der Waals surface area contributed by atoms with E-state index in [0.29, 0.717) is 29.4 Å². The minimum absolute atomic E-state index is 0.119. The third-order valence-electron chi connectivity index (χ3n) is 4.63. The van der Waals surface area contributed by atoms with Gasteiger partial charge in [0.15, 0.2) is 0 Å². The number of carbonyl (C=O) groups is 2. The third kappa shape index (κ3) is 4.22. The standard InChI is InChI=1S/C20H20ClFN2O2/c1-13-4-7-16(21)11-18(13)23-19(25)15-3-2-10-24(12-15)20(26)14-5-8-17(22)9-6-14/h4-9,11,15H,2-3,10,12H2,1H3,(H,23,25). The molecule has 6 heteroatoms. The second-order valence-corrected chi connectivity index (χ2v) is 6.98. The van der Waals surface area contributed by atoms with Crippen LogP contribution in [0.15, 0.2) is 42.5 Å². The molecule has 2 amide bonds. The lowest BCUT2D eigenvalue weighted by molar-refractivity contribution is -0.121. The van der Waals surface area contributed by atoms with E-state index in [2.05, 4.69) is 5.32 Å². The van der Waals surface area contributed by atoms with E-state index in [1.54, 1.807) is 17.0 Å². The molecular formula is C20H20ClFN2O2. The average Bonchev–Trinajstić information content (AvgIpc) is 2.65. The fraction of sp³-hybridized carbons (Fsp3) is 0.300. The number of likely N-dealkylation sites (tertiary alicyclic amines) is 1. The predicted molar refractivity (Wildman–Crippen MR) is 99.8 cm³/mol. The van der Waals surface area contributed by atoms with E-state index in [4.69, 9.17) is 11.6 Å². The molecule has 0 aliphatic carbocycles. The van der Waals surface area contributed by atoms with Crippen LogP contribution < -0.4 is 5.32 Å². The zero-order chi connectivity index (χ0) is 18.7. The Hall–Kier alpha value is -2.40. The van der Waals surface area contributed by atoms with Crippen LogP contribution in [0.4, 0.5) is 10.1 Å². The maximum atomic E-state index is 13.0. The first-order valence-corrected chi connectivity index (χ1v) is 8.93. The molecule has 1 heterocycles. The summed E-state index contributed by atoms with van der Waals surface area (Å²) in [7, 11) is 0. The molecule has 1 fully saturated rings. The zero-order valence-corrected chi connectivity index (χ0v) is 15.2. The zero-order valence-electron chi connectivity index (χ0n) is 14.5. The van der Waals surface area contributed by atoms with Crippen LogP contribution in [0, 0.1) is 18.7 Å². The lowest BCUT2D eigenvalue weighted by atomic mass is 9.96. The van der Waals surface area contributed by atoms with Gasteiger partial charge in [-0.15, -0.1) is 0 Å². The number of aryl methyl sites for hydroxylation is 1. The van der Waals surface area contributed by atoms with Gasteiger partial charge in [0, 0.05) is 29.4 Å². The van der Waals surface area contributed by atoms with E-state index < -0.39 is 0 Å². The number of nitrogens with one attached hydrogen (secondary N) is 1. The predicted octanol–water partition coefficient (Wildman–Crippen LogP) is 4.28. The molecule has 1 N–H and O–H groups in total. The summed E-state index contributed by atoms with van der Waals surface area (Å²) in [5, 5.41) is 3.47. The number of benzene rings is 2. The highest BCUT2D eigenvalue weighted by molar-refractivity contribution is 6.31. The van der Waals surface area contributed by atoms with E-state index >= 15 is 0 Å². The maximum absolute atomic E-state index is 13.0. The molecule has 1 aliphatic heterocycles. The van der Waals surface area contributed by atoms with Crippen molar-refractivity contribution in [3.8, 4) is 0 Å². The highest BCUT2D eigenvalue weighted by Crippen LogP contribution is 2.24. The molecule has 0 radical (unpaired) electrons. The SMILES string of the molecule is Cc1ccc(Cl)cc1NC(=O)C1CCCN(C(=O)c2ccc(F)cc2)C1. The molecule has 2 aromatic rings. The summed E-state index contributed by atoms with van der Waals surface area (Å²) in [6.45, 7) is 2.84. The van der Waals surface area contributed by atoms with Gasteiger partial charge in [0.05, 0.1) is 5.92 Å². The molecule has 0 saturated carbocycles. The Morgan fingerprint density at radius 3 is 2.65 bits per heavy atom. The number of hydrogen-bond donors (Lipinski definition) is 1. The summed E-state index contributed by atoms with van der Waals surface area (Å²) < 4.78 is 13.0. The molecule has 1 atom stereocenters. The topological polar surface area (TPSA) is 49.4 Å². The Bertz CT molecular complexity index is 823. The summed E-state index contributed by atoms with van der Waals surface area (Å²) >= 11 is 6.00. The summed E-state index contributed by atoms with van der Waals surface area (Å²) in [5.41, 5.74) is 2.04. The Labute approximate surface area is 157 Å². The molecular weight excluding hydrogens is 355 g/mol. The van der Waals surface area contributed by atoms with Crippen LogP contribution in [0.1, 0.15) is 28.8 Å². The number of amides is 2. The largest absolute Gasteiger partial charge is 0.338 e. The highest BCUT2D eigenvalue weighted by atomic mass is 35.5. The number of anilines is 1. The first kappa shape index (κ1) is 18.4. The molecule has 2 aromatic carbocycles. The Morgan fingerprint density at radius 2 is 1.92 bits per heavy atom. The first-order valence-electron chi connectivity index (χ1n) is 8.56. The summed E-state index contributed by atoms with van der Waals surface area (Å²) in [6.07, 6.45) is 1.47. The molecule has 0 aromatic heterocycles. The smallest absolute Gasteiger partial charge is 0.253 e. The molecule has 1 aliphatic rings. The average molecular weight is 375 g/mol. The number of hydrogen-bond acceptors (Lipinski definition) is 2. The maximum Gasteiger partial charge on any atom is 0.253 e. The molecule has 1 saturated heterocycles. The van der Waals surface area contributed by atoms with Crippen LogP contribution in [0.2, 0.25) is 5.02 Å². The van der Waals surface area contributed by atoms with Gasteiger partial charge in [0.25, 0.3) is 5.91 Å². The molecule has 3 rings (SSSR count). The van der Waals surface area contributed by atoms with E-state index in [1.165, 1.54) is 24.3 Å². The van der Waals surface area contributed by atoms with Gasteiger partial charge >= 0.3 is 0 Å². The molecule has 4 nitrogen and oxygen atoms in total. The molecule has 0 spiro atoms. The molecule has 1 unspecified atom stereocenters. The molecule has 26 heavy (non-hydrogen) atoms. The second-order valence-electron chi connectivity index (χ2n) is 6.55. The van der Waals surface area contributed by atoms with Gasteiger partial charge in [-0.05, 0) is 61.7 Å². The highest BCUT2D eigenvalue weighted by Gasteiger charge is 2.29. The summed E-state index contributed by atoms with van der Waals surface area (Å²) in [4.78, 5) is 26.9. The number of piperidine rings is 1. The van der Waals surface area contributed by atoms with E-state index in [9.17, 15) is 14.0 Å². The van der Waals surface area contributed by atoms with Crippen molar-refractivity contribution >= 4 is 29.1 Å². The number of nitrogens with zero attached hydrogens (tertiary/aromatic N) is 1. The van der Waals surface area contributed by atoms with Crippen molar-refractivity contribution in [2.24, 2.45) is 5.92 Å². The number of rotatable bonds is 3. The first-order chi connectivity index (χ1) is 12.4. The number of halogens is 2. The van der Waals surface area contributed by atoms with Crippen LogP contribution in [0.25, 0.3) is 0 Å². The van der Waals surface area contributed by atoms with Crippen LogP contribution in [0.3, 0.4) is 0 Å². The van der Waals surface area contributed by atoms with Crippen molar-refractivity contribution in [3.63, 3.8) is 0 Å². The number of carbonyl (C=O) groups excluding carboxylic acids is 2. The van der Waals surface area contributed by atoms with E-state index in [1.807, 2.05) is 13.0 Å². The summed E-state index contributed by atoms with van der Waals surface area (Å²) in [5.74, 6) is -0.964. The fourth-order valence-corrected chi connectivity index (χ4v) is 3.29. The monoisotopic (exact) mass is 374 g/mol. The van der Waals surface area contributed by atoms with Gasteiger partial charge in [-0.1, -0.05) is 17.7 Å². The Balaban J connectivity index is 1.67. The van der Waals surface area contributed by atoms with Gasteiger partial charge in [-0.25, -0.2) is 4.39 Å². The van der Waals surface area contributed by atoms with Crippen LogP contribution >= 0.6 is 11.6 Å². The minimum atomic E-state index is -0.380. The van der Waals surface area contributed by atoms with Crippen LogP contribution in [-0.4, -0.2) is 29.8 Å². The quantitative estimate of drug-likeness (QED) is 0.871. The van der Waals surface area contributed by atoms with Crippen LogP contribution in [0.5, 0.6) is 0 Å². The van der Waals surface area contributed by atoms with Gasteiger partial charge < -0.3 is 10.2 Å². The van der Waals surface area contributed by atoms with Gasteiger partial charge in [0.2, 0.25) is 5.91 Å². The van der Waals surface area contributed by atoms with E-state index in [0.717, 1.165) is 18.4 Å². The van der Waals surface area contributed by atoms with Crippen molar-refractivity contribution in [1.82, 2.24) is 4.90 Å². The van der Waals surface area contributed by atoms with Crippen molar-refractivity contribution in [2.75, 3.05) is 18.4 Å². The molecule has 136 valence electrons. The third-order valence-corrected chi connectivity index (χ3v) is 4.86. The lowest BCUT2D eigenvalue weighted by Crippen LogP contribution is -2.43. The normalized spacial score (nSPS) is 17.0. The van der Waals surface area contributed by atoms with Gasteiger partial charge in [-0.2, -0.15) is 0 Å². The summed E-state index contributed by atoms with van der Waals surface area (Å²) in [6, 6.07) is 10.8.